The Kier molecular flexibility index (Phi) is 9.47. The number of carbonyl (C=O) groups excluding carboxylic acids is 4. The molecule has 0 aromatic carbocycles. The summed E-state index contributed by atoms with van der Waals surface area (Å²) >= 11 is 5.62. The second kappa shape index (κ2) is 11.1. The van der Waals surface area contributed by atoms with E-state index >= 15 is 0 Å². The molecule has 0 spiro atoms. The maximum Gasteiger partial charge on any atom is 0.303 e. The maximum atomic E-state index is 11.6. The normalized spacial score (nSPS) is 27.4. The molecule has 0 aromatic rings. The summed E-state index contributed by atoms with van der Waals surface area (Å²) < 4.78 is 31.7. The predicted molar refractivity (Wildman–Crippen MR) is 88.6 cm³/mol. The smallest absolute Gasteiger partial charge is 0.303 e. The van der Waals surface area contributed by atoms with Gasteiger partial charge in [0.2, 0.25) is 0 Å². The number of esters is 4. The molecule has 1 rings (SSSR count). The summed E-state index contributed by atoms with van der Waals surface area (Å²) in [7, 11) is 0. The Morgan fingerprint density at radius 1 is 0.815 bits per heavy atom. The highest BCUT2D eigenvalue weighted by Crippen LogP contribution is 2.29. The summed E-state index contributed by atoms with van der Waals surface area (Å²) in [4.78, 5) is 45.8. The highest BCUT2D eigenvalue weighted by molar-refractivity contribution is 6.17. The van der Waals surface area contributed by atoms with Crippen molar-refractivity contribution in [3.63, 3.8) is 0 Å². The highest BCUT2D eigenvalue weighted by Gasteiger charge is 2.52. The number of carbonyl (C=O) groups is 4. The van der Waals surface area contributed by atoms with Crippen LogP contribution in [0.3, 0.4) is 0 Å². The number of alkyl halides is 1. The minimum atomic E-state index is -1.25. The van der Waals surface area contributed by atoms with Crippen molar-refractivity contribution in [1.82, 2.24) is 0 Å². The van der Waals surface area contributed by atoms with Crippen LogP contribution in [0.5, 0.6) is 0 Å². The molecule has 1 heterocycles. The van der Waals surface area contributed by atoms with Crippen LogP contribution >= 0.6 is 11.6 Å². The van der Waals surface area contributed by atoms with Gasteiger partial charge in [-0.15, -0.1) is 11.6 Å². The van der Waals surface area contributed by atoms with Gasteiger partial charge in [-0.25, -0.2) is 0 Å². The van der Waals surface area contributed by atoms with Gasteiger partial charge in [0.25, 0.3) is 0 Å². The van der Waals surface area contributed by atoms with Crippen LogP contribution in [0, 0.1) is 0 Å². The summed E-state index contributed by atoms with van der Waals surface area (Å²) in [5.41, 5.74) is 0. The van der Waals surface area contributed by atoms with E-state index in [1.807, 2.05) is 0 Å². The van der Waals surface area contributed by atoms with Crippen molar-refractivity contribution in [2.24, 2.45) is 0 Å². The zero-order chi connectivity index (χ0) is 20.6. The fourth-order valence-electron chi connectivity index (χ4n) is 2.48. The van der Waals surface area contributed by atoms with E-state index in [0.29, 0.717) is 0 Å². The molecule has 1 aliphatic heterocycles. The first-order chi connectivity index (χ1) is 12.6. The van der Waals surface area contributed by atoms with E-state index in [-0.39, 0.29) is 19.1 Å². The van der Waals surface area contributed by atoms with E-state index in [0.717, 1.165) is 20.8 Å². The van der Waals surface area contributed by atoms with Crippen molar-refractivity contribution < 1.29 is 47.6 Å². The lowest BCUT2D eigenvalue weighted by Gasteiger charge is -2.44. The van der Waals surface area contributed by atoms with Crippen LogP contribution in [0.15, 0.2) is 0 Å². The third-order valence-electron chi connectivity index (χ3n) is 3.31. The van der Waals surface area contributed by atoms with E-state index < -0.39 is 54.6 Å². The van der Waals surface area contributed by atoms with Gasteiger partial charge in [-0.3, -0.25) is 19.2 Å². The predicted octanol–water partition coefficient (Wildman–Crippen LogP) is 0.325. The standard InChI is InChI=1S/C16H23ClO10/c1-8(18)23-7-12-13(24-9(2)19)14(25-10(3)20)15(26-11(4)21)16(27-12)22-6-5-17/h12-16H,5-7H2,1-4H3/t12-,13+,14-,15+,16+/m0/s1. The molecule has 1 fully saturated rings. The second-order valence-corrected chi connectivity index (χ2v) is 6.01. The van der Waals surface area contributed by atoms with Gasteiger partial charge < -0.3 is 28.4 Å². The first-order valence-corrected chi connectivity index (χ1v) is 8.67. The van der Waals surface area contributed by atoms with Crippen molar-refractivity contribution in [2.75, 3.05) is 19.1 Å². The quantitative estimate of drug-likeness (QED) is 0.314. The fraction of sp³-hybridized carbons (Fsp3) is 0.750. The Morgan fingerprint density at radius 2 is 1.33 bits per heavy atom. The maximum absolute atomic E-state index is 11.6. The molecule has 10 nitrogen and oxygen atoms in total. The lowest BCUT2D eigenvalue weighted by Crippen LogP contribution is -2.63. The minimum absolute atomic E-state index is 0.0370. The van der Waals surface area contributed by atoms with Crippen LogP contribution in [0.25, 0.3) is 0 Å². The molecule has 27 heavy (non-hydrogen) atoms. The molecule has 1 aliphatic rings. The zero-order valence-corrected chi connectivity index (χ0v) is 16.2. The topological polar surface area (TPSA) is 124 Å². The van der Waals surface area contributed by atoms with Crippen molar-refractivity contribution in [2.45, 2.75) is 58.4 Å². The van der Waals surface area contributed by atoms with E-state index in [2.05, 4.69) is 0 Å². The van der Waals surface area contributed by atoms with Gasteiger partial charge >= 0.3 is 23.9 Å². The lowest BCUT2D eigenvalue weighted by molar-refractivity contribution is -0.307. The first-order valence-electron chi connectivity index (χ1n) is 8.13. The molecule has 0 saturated carbocycles. The molecule has 0 aliphatic carbocycles. The highest BCUT2D eigenvalue weighted by atomic mass is 35.5. The summed E-state index contributed by atoms with van der Waals surface area (Å²) in [6.45, 7) is 4.35. The number of halogens is 1. The summed E-state index contributed by atoms with van der Waals surface area (Å²) in [6, 6.07) is 0. The molecule has 154 valence electrons. The third-order valence-corrected chi connectivity index (χ3v) is 3.46. The van der Waals surface area contributed by atoms with Gasteiger partial charge in [-0.05, 0) is 0 Å². The largest absolute Gasteiger partial charge is 0.463 e. The van der Waals surface area contributed by atoms with Crippen molar-refractivity contribution in [3.05, 3.63) is 0 Å². The van der Waals surface area contributed by atoms with Crippen LogP contribution in [0.4, 0.5) is 0 Å². The Morgan fingerprint density at radius 3 is 1.81 bits per heavy atom. The van der Waals surface area contributed by atoms with Crippen molar-refractivity contribution in [1.29, 1.82) is 0 Å². The molecule has 0 bridgehead atoms. The van der Waals surface area contributed by atoms with Crippen LogP contribution in [0.2, 0.25) is 0 Å². The third kappa shape index (κ3) is 7.69. The average molecular weight is 411 g/mol. The van der Waals surface area contributed by atoms with Crippen LogP contribution in [-0.2, 0) is 47.6 Å². The second-order valence-electron chi connectivity index (χ2n) is 5.63. The Labute approximate surface area is 161 Å². The molecule has 0 radical (unpaired) electrons. The molecule has 5 atom stereocenters. The molecular weight excluding hydrogens is 388 g/mol. The van der Waals surface area contributed by atoms with E-state index in [9.17, 15) is 19.2 Å². The van der Waals surface area contributed by atoms with E-state index in [1.54, 1.807) is 0 Å². The average Bonchev–Trinajstić information content (AvgIpc) is 2.54. The summed E-state index contributed by atoms with van der Waals surface area (Å²) in [5, 5.41) is 0. The van der Waals surface area contributed by atoms with Gasteiger partial charge in [-0.1, -0.05) is 0 Å². The van der Waals surface area contributed by atoms with E-state index in [4.69, 9.17) is 40.0 Å². The molecule has 11 heteroatoms. The van der Waals surface area contributed by atoms with E-state index in [1.165, 1.54) is 6.92 Å². The van der Waals surface area contributed by atoms with Gasteiger partial charge in [0, 0.05) is 33.6 Å². The van der Waals surface area contributed by atoms with Crippen molar-refractivity contribution in [3.8, 4) is 0 Å². The van der Waals surface area contributed by atoms with Gasteiger partial charge in [-0.2, -0.15) is 0 Å². The zero-order valence-electron chi connectivity index (χ0n) is 15.5. The molecule has 0 amide bonds. The number of hydrogen-bond acceptors (Lipinski definition) is 10. The molecule has 0 unspecified atom stereocenters. The fourth-order valence-corrected chi connectivity index (χ4v) is 2.57. The molecular formula is C16H23ClO10. The molecule has 0 aromatic heterocycles. The number of rotatable bonds is 8. The van der Waals surface area contributed by atoms with Crippen LogP contribution < -0.4 is 0 Å². The minimum Gasteiger partial charge on any atom is -0.463 e. The summed E-state index contributed by atoms with van der Waals surface area (Å²) in [6.07, 6.45) is -5.90. The Hall–Kier alpha value is -1.91. The van der Waals surface area contributed by atoms with Gasteiger partial charge in [0.05, 0.1) is 6.61 Å². The van der Waals surface area contributed by atoms with Crippen molar-refractivity contribution >= 4 is 35.5 Å². The van der Waals surface area contributed by atoms with Gasteiger partial charge in [0.15, 0.2) is 24.6 Å². The van der Waals surface area contributed by atoms with Crippen LogP contribution in [-0.4, -0.2) is 73.7 Å². The monoisotopic (exact) mass is 410 g/mol. The SMILES string of the molecule is CC(=O)OC[C@@H]1O[C@@H](OCCCl)[C@H](OC(C)=O)[C@@H](OC(C)=O)[C@@H]1OC(C)=O. The first kappa shape index (κ1) is 23.1. The molecule has 0 N–H and O–H groups in total. The number of ether oxygens (including phenoxy) is 6. The Balaban J connectivity index is 3.22. The van der Waals surface area contributed by atoms with Crippen LogP contribution in [0.1, 0.15) is 27.7 Å². The summed E-state index contributed by atoms with van der Waals surface area (Å²) in [5.74, 6) is -2.58. The Bertz CT molecular complexity index is 551. The number of hydrogen-bond donors (Lipinski definition) is 0. The molecule has 1 saturated heterocycles. The lowest BCUT2D eigenvalue weighted by atomic mass is 9.98. The van der Waals surface area contributed by atoms with Gasteiger partial charge in [0.1, 0.15) is 12.7 Å².